The van der Waals surface area contributed by atoms with E-state index in [0.717, 1.165) is 6.07 Å². The van der Waals surface area contributed by atoms with Gasteiger partial charge in [-0.15, -0.1) is 0 Å². The molecule has 1 N–H and O–H groups in total. The second kappa shape index (κ2) is 9.26. The molecule has 9 nitrogen and oxygen atoms in total. The van der Waals surface area contributed by atoms with Crippen molar-refractivity contribution in [2.45, 2.75) is 31.2 Å². The monoisotopic (exact) mass is 389 g/mol. The van der Waals surface area contributed by atoms with Crippen LogP contribution in [0.5, 0.6) is 0 Å². The molecule has 0 heterocycles. The van der Waals surface area contributed by atoms with Crippen molar-refractivity contribution in [2.24, 2.45) is 0 Å². The Morgan fingerprint density at radius 3 is 2.12 bits per heavy atom. The fraction of sp³-hybridized carbons (Fsp3) is 0.625. The van der Waals surface area contributed by atoms with Crippen LogP contribution in [0.2, 0.25) is 0 Å². The smallest absolute Gasteiger partial charge is 0.293 e. The standard InChI is InChI=1S/C16H27N3O6S/c1-16(2,3)17-26(22,23)13-6-7-14(15(12-13)19(20)21)18(8-10-24-4)9-11-25-5/h6-7,12,17H,8-11H2,1-5H3. The molecule has 0 saturated carbocycles. The number of methoxy groups -OCH3 is 2. The van der Waals surface area contributed by atoms with E-state index < -0.39 is 20.5 Å². The Morgan fingerprint density at radius 1 is 1.15 bits per heavy atom. The molecule has 0 fully saturated rings. The fourth-order valence-corrected chi connectivity index (χ4v) is 3.74. The van der Waals surface area contributed by atoms with Crippen LogP contribution in [0, 0.1) is 10.1 Å². The van der Waals surface area contributed by atoms with E-state index in [9.17, 15) is 18.5 Å². The third-order valence-corrected chi connectivity index (χ3v) is 5.12. The number of benzene rings is 1. The van der Waals surface area contributed by atoms with Gasteiger partial charge < -0.3 is 14.4 Å². The van der Waals surface area contributed by atoms with Crippen LogP contribution >= 0.6 is 0 Å². The number of hydrogen-bond acceptors (Lipinski definition) is 7. The van der Waals surface area contributed by atoms with Crippen LogP contribution in [-0.4, -0.2) is 59.4 Å². The summed E-state index contributed by atoms with van der Waals surface area (Å²) >= 11 is 0. The Bertz CT molecular complexity index is 707. The minimum absolute atomic E-state index is 0.152. The molecule has 1 aromatic rings. The Balaban J connectivity index is 3.32. The number of ether oxygens (including phenoxy) is 2. The average Bonchev–Trinajstić information content (AvgIpc) is 2.52. The molecule has 0 aliphatic rings. The van der Waals surface area contributed by atoms with Gasteiger partial charge in [-0.2, -0.15) is 0 Å². The molecule has 0 atom stereocenters. The first-order valence-electron chi connectivity index (χ1n) is 8.07. The third-order valence-electron chi connectivity index (χ3n) is 3.37. The largest absolute Gasteiger partial charge is 0.383 e. The van der Waals surface area contributed by atoms with Crippen LogP contribution in [0.4, 0.5) is 11.4 Å². The van der Waals surface area contributed by atoms with Crippen molar-refractivity contribution < 1.29 is 22.8 Å². The maximum Gasteiger partial charge on any atom is 0.293 e. The lowest BCUT2D eigenvalue weighted by atomic mass is 10.1. The van der Waals surface area contributed by atoms with Gasteiger partial charge in [0.15, 0.2) is 0 Å². The van der Waals surface area contributed by atoms with E-state index in [1.807, 2.05) is 0 Å². The molecule has 0 amide bonds. The molecule has 1 rings (SSSR count). The fourth-order valence-electron chi connectivity index (χ4n) is 2.30. The lowest BCUT2D eigenvalue weighted by molar-refractivity contribution is -0.384. The maximum absolute atomic E-state index is 12.5. The molecule has 0 unspecified atom stereocenters. The van der Waals surface area contributed by atoms with E-state index in [4.69, 9.17) is 9.47 Å². The number of anilines is 1. The summed E-state index contributed by atoms with van der Waals surface area (Å²) < 4.78 is 37.5. The first-order valence-corrected chi connectivity index (χ1v) is 9.55. The van der Waals surface area contributed by atoms with E-state index in [1.54, 1.807) is 25.7 Å². The molecule has 1 aromatic carbocycles. The van der Waals surface area contributed by atoms with Gasteiger partial charge in [-0.05, 0) is 32.9 Å². The first-order chi connectivity index (χ1) is 12.0. The van der Waals surface area contributed by atoms with E-state index in [0.29, 0.717) is 32.0 Å². The van der Waals surface area contributed by atoms with Crippen molar-refractivity contribution in [3.8, 4) is 0 Å². The summed E-state index contributed by atoms with van der Waals surface area (Å²) in [7, 11) is -0.796. The van der Waals surface area contributed by atoms with Gasteiger partial charge >= 0.3 is 0 Å². The van der Waals surface area contributed by atoms with Gasteiger partial charge in [0.25, 0.3) is 5.69 Å². The molecule has 0 radical (unpaired) electrons. The highest BCUT2D eigenvalue weighted by Crippen LogP contribution is 2.31. The molecular formula is C16H27N3O6S. The summed E-state index contributed by atoms with van der Waals surface area (Å²) in [4.78, 5) is 12.5. The summed E-state index contributed by atoms with van der Waals surface area (Å²) in [5.41, 5.74) is -0.664. The third kappa shape index (κ3) is 6.52. The van der Waals surface area contributed by atoms with Crippen LogP contribution in [-0.2, 0) is 19.5 Å². The van der Waals surface area contributed by atoms with Crippen molar-refractivity contribution in [2.75, 3.05) is 45.4 Å². The quantitative estimate of drug-likeness (QED) is 0.479. The van der Waals surface area contributed by atoms with E-state index in [1.165, 1.54) is 26.4 Å². The highest BCUT2D eigenvalue weighted by Gasteiger charge is 2.27. The van der Waals surface area contributed by atoms with Crippen molar-refractivity contribution in [1.82, 2.24) is 4.72 Å². The summed E-state index contributed by atoms with van der Waals surface area (Å²) in [6, 6.07) is 3.89. The van der Waals surface area contributed by atoms with Crippen molar-refractivity contribution in [1.29, 1.82) is 0 Å². The van der Waals surface area contributed by atoms with Gasteiger partial charge in [0, 0.05) is 38.9 Å². The number of nitro groups is 1. The van der Waals surface area contributed by atoms with Gasteiger partial charge in [0.1, 0.15) is 5.69 Å². The molecule has 0 aliphatic heterocycles. The van der Waals surface area contributed by atoms with Crippen LogP contribution < -0.4 is 9.62 Å². The predicted molar refractivity (Wildman–Crippen MR) is 99.1 cm³/mol. The number of nitro benzene ring substituents is 1. The van der Waals surface area contributed by atoms with Gasteiger partial charge in [0.2, 0.25) is 10.0 Å². The van der Waals surface area contributed by atoms with E-state index in [2.05, 4.69) is 4.72 Å². The molecule has 0 bridgehead atoms. The molecular weight excluding hydrogens is 362 g/mol. The SMILES string of the molecule is COCCN(CCOC)c1ccc(S(=O)(=O)NC(C)(C)C)cc1[N+](=O)[O-]. The molecule has 10 heteroatoms. The van der Waals surface area contributed by atoms with Crippen molar-refractivity contribution >= 4 is 21.4 Å². The lowest BCUT2D eigenvalue weighted by Crippen LogP contribution is -2.40. The Kier molecular flexibility index (Phi) is 7.94. The maximum atomic E-state index is 12.5. The molecule has 148 valence electrons. The average molecular weight is 389 g/mol. The normalized spacial score (nSPS) is 12.2. The van der Waals surface area contributed by atoms with Crippen LogP contribution in [0.3, 0.4) is 0 Å². The highest BCUT2D eigenvalue weighted by molar-refractivity contribution is 7.89. The van der Waals surface area contributed by atoms with Gasteiger partial charge in [-0.3, -0.25) is 10.1 Å². The first kappa shape index (κ1) is 22.3. The highest BCUT2D eigenvalue weighted by atomic mass is 32.2. The predicted octanol–water partition coefficient (Wildman–Crippen LogP) is 1.77. The Morgan fingerprint density at radius 2 is 1.69 bits per heavy atom. The molecule has 0 aromatic heterocycles. The number of rotatable bonds is 10. The molecule has 0 saturated heterocycles. The summed E-state index contributed by atoms with van der Waals surface area (Å²) in [5, 5.41) is 11.5. The zero-order valence-corrected chi connectivity index (χ0v) is 16.6. The topological polar surface area (TPSA) is 111 Å². The minimum Gasteiger partial charge on any atom is -0.383 e. The van der Waals surface area contributed by atoms with Crippen LogP contribution in [0.1, 0.15) is 20.8 Å². The zero-order chi connectivity index (χ0) is 20.0. The number of nitrogens with one attached hydrogen (secondary N) is 1. The molecule has 26 heavy (non-hydrogen) atoms. The van der Waals surface area contributed by atoms with Crippen LogP contribution in [0.25, 0.3) is 0 Å². The molecule has 0 spiro atoms. The zero-order valence-electron chi connectivity index (χ0n) is 15.8. The van der Waals surface area contributed by atoms with Gasteiger partial charge in [-0.1, -0.05) is 0 Å². The van der Waals surface area contributed by atoms with E-state index in [-0.39, 0.29) is 10.6 Å². The Hall–Kier alpha value is -1.75. The number of sulfonamides is 1. The Labute approximate surface area is 154 Å². The summed E-state index contributed by atoms with van der Waals surface area (Å²) in [6.45, 7) is 6.65. The second-order valence-corrected chi connectivity index (χ2v) is 8.42. The summed E-state index contributed by atoms with van der Waals surface area (Å²) in [5.74, 6) is 0. The van der Waals surface area contributed by atoms with Gasteiger partial charge in [-0.25, -0.2) is 13.1 Å². The van der Waals surface area contributed by atoms with Crippen molar-refractivity contribution in [3.63, 3.8) is 0 Å². The van der Waals surface area contributed by atoms with Gasteiger partial charge in [0.05, 0.1) is 23.0 Å². The number of nitrogens with zero attached hydrogens (tertiary/aromatic N) is 2. The summed E-state index contributed by atoms with van der Waals surface area (Å²) in [6.07, 6.45) is 0. The number of hydrogen-bond donors (Lipinski definition) is 1. The lowest BCUT2D eigenvalue weighted by Gasteiger charge is -2.24. The van der Waals surface area contributed by atoms with Crippen LogP contribution in [0.15, 0.2) is 23.1 Å². The van der Waals surface area contributed by atoms with Crippen molar-refractivity contribution in [3.05, 3.63) is 28.3 Å². The van der Waals surface area contributed by atoms with E-state index >= 15 is 0 Å². The minimum atomic E-state index is -3.87. The second-order valence-electron chi connectivity index (χ2n) is 6.74. The molecule has 0 aliphatic carbocycles.